The highest BCUT2D eigenvalue weighted by Crippen LogP contribution is 2.37. The number of hydrogen-bond acceptors (Lipinski definition) is 6. The van der Waals surface area contributed by atoms with Crippen LogP contribution >= 0.6 is 11.3 Å². The van der Waals surface area contributed by atoms with Crippen molar-refractivity contribution in [2.24, 2.45) is 0 Å². The molecule has 0 radical (unpaired) electrons. The number of nitrogens with two attached hydrogens (primary N) is 1. The Bertz CT molecular complexity index is 637. The number of para-hydroxylation sites is 1. The van der Waals surface area contributed by atoms with Crippen molar-refractivity contribution in [2.45, 2.75) is 0 Å². The Morgan fingerprint density at radius 3 is 2.95 bits per heavy atom. The predicted molar refractivity (Wildman–Crippen MR) is 79.0 cm³/mol. The Morgan fingerprint density at radius 1 is 1.50 bits per heavy atom. The summed E-state index contributed by atoms with van der Waals surface area (Å²) in [7, 11) is 1.31. The number of hydrogen-bond donors (Lipinski definition) is 1. The summed E-state index contributed by atoms with van der Waals surface area (Å²) in [6.45, 7) is 3.99. The van der Waals surface area contributed by atoms with E-state index in [1.54, 1.807) is 6.08 Å². The van der Waals surface area contributed by atoms with E-state index in [2.05, 4.69) is 11.6 Å². The molecule has 0 amide bonds. The van der Waals surface area contributed by atoms with Gasteiger partial charge in [0.15, 0.2) is 10.8 Å². The maximum absolute atomic E-state index is 11.8. The molecule has 0 aliphatic carbocycles. The maximum atomic E-state index is 11.8. The molecule has 0 bridgehead atoms. The lowest BCUT2D eigenvalue weighted by Gasteiger charge is -2.09. The van der Waals surface area contributed by atoms with E-state index in [1.165, 1.54) is 18.4 Å². The summed E-state index contributed by atoms with van der Waals surface area (Å²) in [5, 5.41) is 0.305. The third-order valence-corrected chi connectivity index (χ3v) is 3.43. The van der Waals surface area contributed by atoms with Crippen LogP contribution in [-0.4, -0.2) is 24.7 Å². The topological polar surface area (TPSA) is 74.4 Å². The van der Waals surface area contributed by atoms with Crippen molar-refractivity contribution in [3.63, 3.8) is 0 Å². The Hall–Kier alpha value is -2.34. The molecule has 104 valence electrons. The van der Waals surface area contributed by atoms with Gasteiger partial charge in [0.1, 0.15) is 12.4 Å². The van der Waals surface area contributed by atoms with Crippen molar-refractivity contribution < 1.29 is 14.3 Å². The van der Waals surface area contributed by atoms with E-state index in [0.29, 0.717) is 22.4 Å². The van der Waals surface area contributed by atoms with Gasteiger partial charge in [0, 0.05) is 5.56 Å². The number of nitrogen functional groups attached to an aromatic ring is 1. The van der Waals surface area contributed by atoms with Crippen molar-refractivity contribution in [3.8, 4) is 16.2 Å². The number of carbonyl (C=O) groups is 1. The number of esters is 1. The SMILES string of the molecule is C=CCOc1ccccc1-c1sc(N)nc1C(=O)OC. The van der Waals surface area contributed by atoms with Gasteiger partial charge in [-0.05, 0) is 12.1 Å². The molecule has 20 heavy (non-hydrogen) atoms. The first kappa shape index (κ1) is 14.1. The van der Waals surface area contributed by atoms with Gasteiger partial charge in [-0.15, -0.1) is 0 Å². The number of thiazole rings is 1. The van der Waals surface area contributed by atoms with Crippen LogP contribution in [0.15, 0.2) is 36.9 Å². The lowest BCUT2D eigenvalue weighted by molar-refractivity contribution is 0.0596. The fraction of sp³-hybridized carbons (Fsp3) is 0.143. The van der Waals surface area contributed by atoms with Gasteiger partial charge < -0.3 is 15.2 Å². The maximum Gasteiger partial charge on any atom is 0.358 e. The largest absolute Gasteiger partial charge is 0.489 e. The summed E-state index contributed by atoms with van der Waals surface area (Å²) in [6, 6.07) is 7.37. The van der Waals surface area contributed by atoms with E-state index in [4.69, 9.17) is 15.2 Å². The molecular formula is C14H14N2O3S. The zero-order valence-corrected chi connectivity index (χ0v) is 11.8. The highest BCUT2D eigenvalue weighted by Gasteiger charge is 2.21. The molecule has 1 aromatic heterocycles. The van der Waals surface area contributed by atoms with Crippen molar-refractivity contribution in [1.82, 2.24) is 4.98 Å². The Morgan fingerprint density at radius 2 is 2.25 bits per heavy atom. The highest BCUT2D eigenvalue weighted by molar-refractivity contribution is 7.19. The van der Waals surface area contributed by atoms with Crippen molar-refractivity contribution in [2.75, 3.05) is 19.5 Å². The summed E-state index contributed by atoms with van der Waals surface area (Å²) in [4.78, 5) is 16.4. The average molecular weight is 290 g/mol. The zero-order valence-electron chi connectivity index (χ0n) is 11.0. The van der Waals surface area contributed by atoms with Crippen LogP contribution in [0.3, 0.4) is 0 Å². The molecule has 2 rings (SSSR count). The average Bonchev–Trinajstić information content (AvgIpc) is 2.86. The quantitative estimate of drug-likeness (QED) is 0.677. The first-order valence-electron chi connectivity index (χ1n) is 5.85. The van der Waals surface area contributed by atoms with Crippen LogP contribution in [0.4, 0.5) is 5.13 Å². The second-order valence-electron chi connectivity index (χ2n) is 3.82. The number of aromatic nitrogens is 1. The second-order valence-corrected chi connectivity index (χ2v) is 4.85. The molecule has 5 nitrogen and oxygen atoms in total. The number of rotatable bonds is 5. The molecular weight excluding hydrogens is 276 g/mol. The molecule has 0 aliphatic rings. The van der Waals surface area contributed by atoms with Crippen LogP contribution in [0, 0.1) is 0 Å². The van der Waals surface area contributed by atoms with E-state index in [-0.39, 0.29) is 5.69 Å². The molecule has 0 atom stereocenters. The molecule has 1 aromatic carbocycles. The fourth-order valence-corrected chi connectivity index (χ4v) is 2.53. The second kappa shape index (κ2) is 6.21. The molecule has 2 N–H and O–H groups in total. The Kier molecular flexibility index (Phi) is 4.37. The van der Waals surface area contributed by atoms with E-state index in [0.717, 1.165) is 5.56 Å². The van der Waals surface area contributed by atoms with Crippen LogP contribution in [0.25, 0.3) is 10.4 Å². The standard InChI is InChI=1S/C14H14N2O3S/c1-3-8-19-10-7-5-4-6-9(10)12-11(13(17)18-2)16-14(15)20-12/h3-7H,1,8H2,2H3,(H2,15,16). The summed E-state index contributed by atoms with van der Waals surface area (Å²) < 4.78 is 10.3. The third-order valence-electron chi connectivity index (χ3n) is 2.51. The lowest BCUT2D eigenvalue weighted by Crippen LogP contribution is -2.04. The minimum atomic E-state index is -0.522. The number of carbonyl (C=O) groups excluding carboxylic acids is 1. The fourth-order valence-electron chi connectivity index (χ4n) is 1.68. The monoisotopic (exact) mass is 290 g/mol. The minimum absolute atomic E-state index is 0.199. The number of ether oxygens (including phenoxy) is 2. The summed E-state index contributed by atoms with van der Waals surface area (Å²) >= 11 is 1.22. The van der Waals surface area contributed by atoms with Crippen molar-refractivity contribution >= 4 is 22.4 Å². The number of methoxy groups -OCH3 is 1. The number of anilines is 1. The molecule has 1 heterocycles. The molecule has 2 aromatic rings. The number of nitrogens with zero attached hydrogens (tertiary/aromatic N) is 1. The van der Waals surface area contributed by atoms with Crippen LogP contribution in [0.5, 0.6) is 5.75 Å². The molecule has 6 heteroatoms. The third kappa shape index (κ3) is 2.80. The van der Waals surface area contributed by atoms with Gasteiger partial charge in [0.05, 0.1) is 12.0 Å². The van der Waals surface area contributed by atoms with Gasteiger partial charge in [-0.1, -0.05) is 36.1 Å². The normalized spacial score (nSPS) is 10.1. The van der Waals surface area contributed by atoms with Crippen molar-refractivity contribution in [3.05, 3.63) is 42.6 Å². The molecule has 0 fully saturated rings. The highest BCUT2D eigenvalue weighted by atomic mass is 32.1. The molecule has 0 saturated carbocycles. The van der Waals surface area contributed by atoms with E-state index >= 15 is 0 Å². The molecule has 0 spiro atoms. The predicted octanol–water partition coefficient (Wildman–Crippen LogP) is 2.74. The van der Waals surface area contributed by atoms with Gasteiger partial charge in [-0.25, -0.2) is 9.78 Å². The molecule has 0 aliphatic heterocycles. The number of benzene rings is 1. The minimum Gasteiger partial charge on any atom is -0.489 e. The van der Waals surface area contributed by atoms with Gasteiger partial charge in [0.2, 0.25) is 0 Å². The first-order chi connectivity index (χ1) is 9.67. The van der Waals surface area contributed by atoms with Gasteiger partial charge in [0.25, 0.3) is 0 Å². The summed E-state index contributed by atoms with van der Waals surface area (Å²) in [5.74, 6) is 0.118. The summed E-state index contributed by atoms with van der Waals surface area (Å²) in [6.07, 6.45) is 1.65. The molecule has 0 unspecified atom stereocenters. The van der Waals surface area contributed by atoms with Crippen LogP contribution < -0.4 is 10.5 Å². The van der Waals surface area contributed by atoms with Gasteiger partial charge >= 0.3 is 5.97 Å². The van der Waals surface area contributed by atoms with Gasteiger partial charge in [-0.2, -0.15) is 0 Å². The smallest absolute Gasteiger partial charge is 0.358 e. The van der Waals surface area contributed by atoms with Crippen LogP contribution in [-0.2, 0) is 4.74 Å². The van der Waals surface area contributed by atoms with E-state index in [1.807, 2.05) is 24.3 Å². The lowest BCUT2D eigenvalue weighted by atomic mass is 10.1. The Balaban J connectivity index is 2.51. The van der Waals surface area contributed by atoms with Crippen molar-refractivity contribution in [1.29, 1.82) is 0 Å². The van der Waals surface area contributed by atoms with Crippen LogP contribution in [0.1, 0.15) is 10.5 Å². The Labute approximate surface area is 120 Å². The van der Waals surface area contributed by atoms with Crippen LogP contribution in [0.2, 0.25) is 0 Å². The van der Waals surface area contributed by atoms with E-state index in [9.17, 15) is 4.79 Å². The van der Waals surface area contributed by atoms with Gasteiger partial charge in [-0.3, -0.25) is 0 Å². The first-order valence-corrected chi connectivity index (χ1v) is 6.66. The summed E-state index contributed by atoms with van der Waals surface area (Å²) in [5.41, 5.74) is 6.65. The zero-order chi connectivity index (χ0) is 14.5. The molecule has 0 saturated heterocycles. The van der Waals surface area contributed by atoms with E-state index < -0.39 is 5.97 Å².